The Morgan fingerprint density at radius 3 is 2.32 bits per heavy atom. The minimum atomic E-state index is -0.920. The minimum Gasteiger partial charge on any atom is -0.458 e. The molecule has 0 aliphatic carbocycles. The normalized spacial score (nSPS) is 12.5. The van der Waals surface area contributed by atoms with Crippen molar-refractivity contribution in [1.29, 1.82) is 0 Å². The molecule has 1 aromatic heterocycles. The van der Waals surface area contributed by atoms with Crippen molar-refractivity contribution < 1.29 is 19.2 Å². The number of benzene rings is 2. The quantitative estimate of drug-likeness (QED) is 0.269. The Balaban J connectivity index is 1.79. The van der Waals surface area contributed by atoms with Crippen LogP contribution in [0.5, 0.6) is 0 Å². The highest BCUT2D eigenvalue weighted by Gasteiger charge is 2.29. The maximum atomic E-state index is 13.2. The first kappa shape index (κ1) is 24.9. The van der Waals surface area contributed by atoms with Gasteiger partial charge in [-0.1, -0.05) is 53.7 Å². The number of nitrogens with one attached hydrogen (secondary N) is 2. The summed E-state index contributed by atoms with van der Waals surface area (Å²) in [6, 6.07) is 18.0. The summed E-state index contributed by atoms with van der Waals surface area (Å²) >= 11 is 1.32. The number of para-hydroxylation sites is 1. The zero-order valence-corrected chi connectivity index (χ0v) is 20.4. The molecule has 0 spiro atoms. The maximum absolute atomic E-state index is 13.2. The van der Waals surface area contributed by atoms with E-state index in [0.717, 1.165) is 11.3 Å². The van der Waals surface area contributed by atoms with Gasteiger partial charge in [-0.2, -0.15) is 0 Å². The third-order valence-electron chi connectivity index (χ3n) is 4.45. The van der Waals surface area contributed by atoms with Gasteiger partial charge >= 0.3 is 5.97 Å². The van der Waals surface area contributed by atoms with Gasteiger partial charge in [0.15, 0.2) is 10.8 Å². The second-order valence-corrected chi connectivity index (χ2v) is 9.26. The number of ether oxygens (including phenoxy) is 1. The average molecular weight is 481 g/mol. The smallest absolute Gasteiger partial charge is 0.329 e. The van der Waals surface area contributed by atoms with Crippen LogP contribution in [0, 0.1) is 0 Å². The Labute approximate surface area is 203 Å². The van der Waals surface area contributed by atoms with Gasteiger partial charge in [-0.15, -0.1) is 11.3 Å². The minimum absolute atomic E-state index is 0.0403. The molecule has 34 heavy (non-hydrogen) atoms. The molecule has 3 rings (SSSR count). The number of nitrogens with zero attached hydrogens (tertiary/aromatic N) is 2. The lowest BCUT2D eigenvalue weighted by Gasteiger charge is -2.24. The molecule has 178 valence electrons. The molecule has 0 saturated carbocycles. The van der Waals surface area contributed by atoms with E-state index in [0.29, 0.717) is 10.8 Å². The molecule has 8 nitrogen and oxygen atoms in total. The zero-order valence-electron chi connectivity index (χ0n) is 19.6. The fraction of sp³-hybridized carbons (Fsp3) is 0.280. The number of esters is 1. The molecule has 1 amide bonds. The average Bonchev–Trinajstić information content (AvgIpc) is 3.25. The topological polar surface area (TPSA) is 102 Å². The molecular weight excluding hydrogens is 452 g/mol. The third-order valence-corrected chi connectivity index (χ3v) is 5.21. The summed E-state index contributed by atoms with van der Waals surface area (Å²) in [5, 5.41) is 12.1. The highest BCUT2D eigenvalue weighted by molar-refractivity contribution is 7.14. The molecule has 2 aromatic carbocycles. The summed E-state index contributed by atoms with van der Waals surface area (Å²) in [6.07, 6.45) is 0.264. The van der Waals surface area contributed by atoms with Crippen molar-refractivity contribution in [3.63, 3.8) is 0 Å². The van der Waals surface area contributed by atoms with Crippen molar-refractivity contribution in [2.75, 3.05) is 12.4 Å². The SMILES string of the molecule is CON=C(C(=O)NC(Cc1ccccc1)C(=O)OC(C)(C)C)c1csc(Nc2ccccc2)n1. The molecule has 0 fully saturated rings. The van der Waals surface area contributed by atoms with Crippen LogP contribution < -0.4 is 10.6 Å². The molecule has 0 radical (unpaired) electrons. The van der Waals surface area contributed by atoms with Gasteiger partial charge in [0, 0.05) is 17.5 Å². The van der Waals surface area contributed by atoms with E-state index in [1.807, 2.05) is 60.7 Å². The lowest BCUT2D eigenvalue weighted by molar-refractivity contribution is -0.158. The van der Waals surface area contributed by atoms with E-state index < -0.39 is 23.5 Å². The number of carbonyl (C=O) groups is 2. The molecular formula is C25H28N4O4S. The Morgan fingerprint density at radius 1 is 1.06 bits per heavy atom. The fourth-order valence-corrected chi connectivity index (χ4v) is 3.74. The van der Waals surface area contributed by atoms with Crippen LogP contribution in [-0.4, -0.2) is 41.3 Å². The highest BCUT2D eigenvalue weighted by atomic mass is 32.1. The number of rotatable bonds is 9. The van der Waals surface area contributed by atoms with Gasteiger partial charge in [0.2, 0.25) is 0 Å². The van der Waals surface area contributed by atoms with E-state index in [4.69, 9.17) is 9.57 Å². The van der Waals surface area contributed by atoms with Crippen molar-refractivity contribution >= 4 is 39.7 Å². The molecule has 1 unspecified atom stereocenters. The maximum Gasteiger partial charge on any atom is 0.329 e. The number of anilines is 2. The van der Waals surface area contributed by atoms with Gasteiger partial charge in [-0.05, 0) is 38.5 Å². The van der Waals surface area contributed by atoms with Crippen molar-refractivity contribution in [2.24, 2.45) is 5.16 Å². The second-order valence-electron chi connectivity index (χ2n) is 8.40. The van der Waals surface area contributed by atoms with Gasteiger partial charge in [0.25, 0.3) is 5.91 Å². The van der Waals surface area contributed by atoms with Gasteiger partial charge in [0.05, 0.1) is 0 Å². The molecule has 0 aliphatic heterocycles. The van der Waals surface area contributed by atoms with Gasteiger partial charge in [0.1, 0.15) is 24.4 Å². The van der Waals surface area contributed by atoms with E-state index in [1.165, 1.54) is 18.4 Å². The van der Waals surface area contributed by atoms with Gasteiger partial charge in [-0.25, -0.2) is 9.78 Å². The van der Waals surface area contributed by atoms with Crippen molar-refractivity contribution in [2.45, 2.75) is 38.8 Å². The molecule has 0 bridgehead atoms. The predicted molar refractivity (Wildman–Crippen MR) is 133 cm³/mol. The summed E-state index contributed by atoms with van der Waals surface area (Å²) in [5.74, 6) is -1.13. The summed E-state index contributed by atoms with van der Waals surface area (Å²) in [4.78, 5) is 35.4. The summed E-state index contributed by atoms with van der Waals surface area (Å²) in [5.41, 5.74) is 1.33. The Bertz CT molecular complexity index is 1120. The number of amides is 1. The molecule has 1 heterocycles. The van der Waals surface area contributed by atoms with E-state index in [9.17, 15) is 9.59 Å². The number of carbonyl (C=O) groups excluding carboxylic acids is 2. The van der Waals surface area contributed by atoms with Crippen molar-refractivity contribution in [3.05, 3.63) is 77.3 Å². The van der Waals surface area contributed by atoms with E-state index in [1.54, 1.807) is 26.2 Å². The lowest BCUT2D eigenvalue weighted by Crippen LogP contribution is -2.48. The summed E-state index contributed by atoms with van der Waals surface area (Å²) in [7, 11) is 1.35. The molecule has 2 N–H and O–H groups in total. The first-order chi connectivity index (χ1) is 16.2. The largest absolute Gasteiger partial charge is 0.458 e. The zero-order chi connectivity index (χ0) is 24.6. The van der Waals surface area contributed by atoms with Crippen LogP contribution in [0.15, 0.2) is 71.2 Å². The monoisotopic (exact) mass is 480 g/mol. The van der Waals surface area contributed by atoms with Crippen LogP contribution >= 0.6 is 11.3 Å². The molecule has 1 atom stereocenters. The molecule has 9 heteroatoms. The second kappa shape index (κ2) is 11.4. The van der Waals surface area contributed by atoms with Crippen molar-refractivity contribution in [3.8, 4) is 0 Å². The van der Waals surface area contributed by atoms with Crippen LogP contribution in [0.25, 0.3) is 0 Å². The standard InChI is InChI=1S/C25H28N4O4S/c1-25(2,3)33-23(31)19(15-17-11-7-5-8-12-17)27-22(30)21(29-32-4)20-16-34-24(28-20)26-18-13-9-6-10-14-18/h5-14,16,19H,15H2,1-4H3,(H,26,28)(H,27,30). The number of hydrogen-bond donors (Lipinski definition) is 2. The van der Waals surface area contributed by atoms with E-state index in [-0.39, 0.29) is 12.1 Å². The van der Waals surface area contributed by atoms with Crippen LogP contribution in [0.4, 0.5) is 10.8 Å². The Morgan fingerprint density at radius 2 is 1.71 bits per heavy atom. The van der Waals surface area contributed by atoms with Crippen LogP contribution in [-0.2, 0) is 25.6 Å². The Kier molecular flexibility index (Phi) is 8.37. The fourth-order valence-electron chi connectivity index (χ4n) is 3.02. The van der Waals surface area contributed by atoms with E-state index >= 15 is 0 Å². The first-order valence-electron chi connectivity index (χ1n) is 10.7. The van der Waals surface area contributed by atoms with Crippen LogP contribution in [0.2, 0.25) is 0 Å². The summed E-state index contributed by atoms with van der Waals surface area (Å²) in [6.45, 7) is 5.34. The molecule has 0 saturated heterocycles. The lowest BCUT2D eigenvalue weighted by atomic mass is 10.0. The number of thiazole rings is 1. The van der Waals surface area contributed by atoms with Gasteiger partial charge in [-0.3, -0.25) is 4.79 Å². The number of hydrogen-bond acceptors (Lipinski definition) is 8. The number of oxime groups is 1. The Hall–Kier alpha value is -3.72. The van der Waals surface area contributed by atoms with Crippen LogP contribution in [0.1, 0.15) is 32.0 Å². The van der Waals surface area contributed by atoms with Crippen LogP contribution in [0.3, 0.4) is 0 Å². The third kappa shape index (κ3) is 7.41. The molecule has 0 aliphatic rings. The first-order valence-corrected chi connectivity index (χ1v) is 11.6. The van der Waals surface area contributed by atoms with Crippen molar-refractivity contribution in [1.82, 2.24) is 10.3 Å². The highest BCUT2D eigenvalue weighted by Crippen LogP contribution is 2.21. The van der Waals surface area contributed by atoms with E-state index in [2.05, 4.69) is 20.8 Å². The predicted octanol–water partition coefficient (Wildman–Crippen LogP) is 4.31. The summed E-state index contributed by atoms with van der Waals surface area (Å²) < 4.78 is 5.54. The molecule has 3 aromatic rings. The number of aromatic nitrogens is 1. The van der Waals surface area contributed by atoms with Gasteiger partial charge < -0.3 is 20.2 Å².